The number of rotatable bonds is 12. The lowest BCUT2D eigenvalue weighted by atomic mass is 9.98. The first-order valence-corrected chi connectivity index (χ1v) is 14.8. The van der Waals surface area contributed by atoms with Crippen LogP contribution < -0.4 is 19.5 Å². The van der Waals surface area contributed by atoms with Gasteiger partial charge in [-0.25, -0.2) is 9.78 Å². The Labute approximate surface area is 261 Å². The van der Waals surface area contributed by atoms with Crippen LogP contribution in [0, 0.1) is 11.3 Å². The molecule has 10 heteroatoms. The van der Waals surface area contributed by atoms with Crippen LogP contribution in [0.25, 0.3) is 22.4 Å². The number of anilines is 1. The number of benzene rings is 3. The van der Waals surface area contributed by atoms with Crippen LogP contribution in [-0.4, -0.2) is 50.0 Å². The highest BCUT2D eigenvalue weighted by Crippen LogP contribution is 2.44. The Balaban J connectivity index is 1.75. The summed E-state index contributed by atoms with van der Waals surface area (Å²) < 4.78 is 21.7. The molecule has 226 valence electrons. The van der Waals surface area contributed by atoms with Crippen molar-refractivity contribution >= 4 is 29.3 Å². The first-order chi connectivity index (χ1) is 21.4. The monoisotopic (exact) mass is 611 g/mol. The van der Waals surface area contributed by atoms with E-state index in [1.54, 1.807) is 43.3 Å². The van der Waals surface area contributed by atoms with Gasteiger partial charge in [-0.15, -0.1) is 0 Å². The highest BCUT2D eigenvalue weighted by Gasteiger charge is 2.25. The number of hydrogen-bond donors (Lipinski definition) is 1. The third-order valence-corrected chi connectivity index (χ3v) is 8.07. The van der Waals surface area contributed by atoms with Gasteiger partial charge in [-0.05, 0) is 61.4 Å². The summed E-state index contributed by atoms with van der Waals surface area (Å²) >= 11 is 1.22. The molecule has 4 rings (SSSR count). The molecular formula is C34H33N3O6S. The maximum Gasteiger partial charge on any atom is 0.338 e. The third kappa shape index (κ3) is 7.13. The largest absolute Gasteiger partial charge is 0.493 e. The lowest BCUT2D eigenvalue weighted by Gasteiger charge is -2.19. The molecule has 4 aromatic rings. The van der Waals surface area contributed by atoms with Crippen molar-refractivity contribution in [3.05, 3.63) is 83.9 Å². The van der Waals surface area contributed by atoms with E-state index in [0.717, 1.165) is 5.56 Å². The van der Waals surface area contributed by atoms with Crippen molar-refractivity contribution in [3.63, 3.8) is 0 Å². The summed E-state index contributed by atoms with van der Waals surface area (Å²) in [5.41, 5.74) is 4.00. The zero-order chi connectivity index (χ0) is 31.6. The molecule has 0 aliphatic heterocycles. The number of methoxy groups -OCH3 is 3. The van der Waals surface area contributed by atoms with Crippen LogP contribution in [0.3, 0.4) is 0 Å². The summed E-state index contributed by atoms with van der Waals surface area (Å²) in [6.45, 7) is 3.91. The van der Waals surface area contributed by atoms with E-state index in [9.17, 15) is 14.9 Å². The van der Waals surface area contributed by atoms with Crippen LogP contribution in [0.15, 0.2) is 77.8 Å². The van der Waals surface area contributed by atoms with E-state index >= 15 is 0 Å². The number of aromatic nitrogens is 1. The number of carbonyl (C=O) groups is 2. The Morgan fingerprint density at radius 3 is 2.11 bits per heavy atom. The van der Waals surface area contributed by atoms with Crippen molar-refractivity contribution in [1.82, 2.24) is 4.98 Å². The summed E-state index contributed by atoms with van der Waals surface area (Å²) in [5.74, 6) is 0.632. The van der Waals surface area contributed by atoms with E-state index in [-0.39, 0.29) is 12.5 Å². The summed E-state index contributed by atoms with van der Waals surface area (Å²) in [4.78, 5) is 30.3. The van der Waals surface area contributed by atoms with E-state index in [1.165, 1.54) is 33.1 Å². The smallest absolute Gasteiger partial charge is 0.338 e. The van der Waals surface area contributed by atoms with Crippen molar-refractivity contribution in [2.75, 3.05) is 33.3 Å². The number of amides is 1. The molecule has 0 fully saturated rings. The summed E-state index contributed by atoms with van der Waals surface area (Å²) in [6.07, 6.45) is 0.471. The highest BCUT2D eigenvalue weighted by molar-refractivity contribution is 8.00. The Kier molecular flexibility index (Phi) is 10.8. The van der Waals surface area contributed by atoms with Crippen LogP contribution in [0.1, 0.15) is 36.2 Å². The Bertz CT molecular complexity index is 1640. The lowest BCUT2D eigenvalue weighted by molar-refractivity contribution is -0.115. The minimum Gasteiger partial charge on any atom is -0.493 e. The molecule has 1 amide bonds. The average molecular weight is 612 g/mol. The second-order valence-corrected chi connectivity index (χ2v) is 10.6. The fourth-order valence-electron chi connectivity index (χ4n) is 4.52. The van der Waals surface area contributed by atoms with Gasteiger partial charge in [-0.2, -0.15) is 5.26 Å². The van der Waals surface area contributed by atoms with Crippen LogP contribution in [0.2, 0.25) is 0 Å². The zero-order valence-corrected chi connectivity index (χ0v) is 26.0. The fraction of sp³-hybridized carbons (Fsp3) is 0.235. The van der Waals surface area contributed by atoms with Crippen molar-refractivity contribution < 1.29 is 28.5 Å². The van der Waals surface area contributed by atoms with E-state index in [1.807, 2.05) is 43.3 Å². The normalized spacial score (nSPS) is 11.2. The fourth-order valence-corrected chi connectivity index (χ4v) is 5.55. The van der Waals surface area contributed by atoms with Crippen LogP contribution in [0.5, 0.6) is 17.2 Å². The van der Waals surface area contributed by atoms with Gasteiger partial charge in [0.1, 0.15) is 11.1 Å². The van der Waals surface area contributed by atoms with Gasteiger partial charge in [-0.1, -0.05) is 49.0 Å². The van der Waals surface area contributed by atoms with Crippen LogP contribution in [-0.2, 0) is 9.53 Å². The number of nitriles is 1. The zero-order valence-electron chi connectivity index (χ0n) is 25.2. The molecule has 0 aliphatic carbocycles. The minimum atomic E-state index is -0.571. The Hall–Kier alpha value is -5.01. The lowest BCUT2D eigenvalue weighted by Crippen LogP contribution is -2.25. The molecule has 0 aliphatic rings. The van der Waals surface area contributed by atoms with Crippen molar-refractivity contribution in [2.45, 2.75) is 30.5 Å². The van der Waals surface area contributed by atoms with E-state index in [0.29, 0.717) is 62.3 Å². The average Bonchev–Trinajstić information content (AvgIpc) is 3.06. The van der Waals surface area contributed by atoms with Gasteiger partial charge in [0.2, 0.25) is 11.7 Å². The Morgan fingerprint density at radius 2 is 1.57 bits per heavy atom. The molecule has 0 saturated heterocycles. The molecule has 1 heterocycles. The van der Waals surface area contributed by atoms with Gasteiger partial charge < -0.3 is 24.3 Å². The van der Waals surface area contributed by atoms with E-state index < -0.39 is 11.2 Å². The molecule has 1 aromatic heterocycles. The van der Waals surface area contributed by atoms with Gasteiger partial charge >= 0.3 is 5.97 Å². The molecule has 0 radical (unpaired) electrons. The quantitative estimate of drug-likeness (QED) is 0.133. The first kappa shape index (κ1) is 31.9. The maximum atomic E-state index is 13.4. The van der Waals surface area contributed by atoms with E-state index in [4.69, 9.17) is 23.9 Å². The molecule has 1 atom stereocenters. The molecule has 9 nitrogen and oxygen atoms in total. The summed E-state index contributed by atoms with van der Waals surface area (Å²) in [7, 11) is 4.59. The van der Waals surface area contributed by atoms with Gasteiger partial charge in [0.05, 0.1) is 50.0 Å². The standard InChI is InChI=1S/C34H33N3O6S/c1-6-30(32(38)36-24-15-13-22(14-16-24)34(39)43-7-2)44-33-26(20-35)25(19-27(37-33)21-11-9-8-10-12-21)23-17-28(40-3)31(42-5)29(18-23)41-4/h8-19,30H,6-7H2,1-5H3,(H,36,38). The van der Waals surface area contributed by atoms with Crippen molar-refractivity contribution in [1.29, 1.82) is 5.26 Å². The molecule has 0 saturated carbocycles. The molecule has 0 spiro atoms. The SMILES string of the molecule is CCOC(=O)c1ccc(NC(=O)C(CC)Sc2nc(-c3ccccc3)cc(-c3cc(OC)c(OC)c(OC)c3)c2C#N)cc1. The predicted octanol–water partition coefficient (Wildman–Crippen LogP) is 7.00. The number of carbonyl (C=O) groups excluding carboxylic acids is 2. The Morgan fingerprint density at radius 1 is 0.909 bits per heavy atom. The van der Waals surface area contributed by atoms with Crippen molar-refractivity contribution in [2.24, 2.45) is 0 Å². The van der Waals surface area contributed by atoms with Gasteiger partial charge in [-0.3, -0.25) is 4.79 Å². The molecule has 1 unspecified atom stereocenters. The van der Waals surface area contributed by atoms with Gasteiger partial charge in [0, 0.05) is 16.8 Å². The molecule has 0 bridgehead atoms. The molecule has 44 heavy (non-hydrogen) atoms. The molecule has 3 aromatic carbocycles. The number of esters is 1. The van der Waals surface area contributed by atoms with Crippen LogP contribution >= 0.6 is 11.8 Å². The van der Waals surface area contributed by atoms with E-state index in [2.05, 4.69) is 11.4 Å². The maximum absolute atomic E-state index is 13.4. The topological polar surface area (TPSA) is 120 Å². The number of nitrogens with one attached hydrogen (secondary N) is 1. The number of thioether (sulfide) groups is 1. The van der Waals surface area contributed by atoms with Gasteiger partial charge in [0.15, 0.2) is 11.5 Å². The molecular weight excluding hydrogens is 578 g/mol. The third-order valence-electron chi connectivity index (χ3n) is 6.72. The number of pyridine rings is 1. The van der Waals surface area contributed by atoms with Gasteiger partial charge in [0.25, 0.3) is 0 Å². The number of ether oxygens (including phenoxy) is 4. The van der Waals surface area contributed by atoms with Crippen LogP contribution in [0.4, 0.5) is 5.69 Å². The first-order valence-electron chi connectivity index (χ1n) is 13.9. The summed E-state index contributed by atoms with van der Waals surface area (Å²) in [6, 6.07) is 23.9. The minimum absolute atomic E-state index is 0.258. The summed E-state index contributed by atoms with van der Waals surface area (Å²) in [5, 5.41) is 13.2. The number of nitrogens with zero attached hydrogens (tertiary/aromatic N) is 2. The molecule has 1 N–H and O–H groups in total. The number of hydrogen-bond acceptors (Lipinski definition) is 9. The predicted molar refractivity (Wildman–Crippen MR) is 170 cm³/mol. The second-order valence-electron chi connectivity index (χ2n) is 9.43. The second kappa shape index (κ2) is 14.9. The highest BCUT2D eigenvalue weighted by atomic mass is 32.2. The van der Waals surface area contributed by atoms with Crippen molar-refractivity contribution in [3.8, 4) is 45.7 Å².